The molecule has 21 heavy (non-hydrogen) atoms. The van der Waals surface area contributed by atoms with Crippen molar-refractivity contribution in [2.75, 3.05) is 0 Å². The number of nitrogens with zero attached hydrogens (tertiary/aromatic N) is 1. The molecule has 0 aliphatic carbocycles. The van der Waals surface area contributed by atoms with Gasteiger partial charge in [0.05, 0.1) is 17.7 Å². The lowest BCUT2D eigenvalue weighted by atomic mass is 9.91. The number of nitrogens with one attached hydrogen (secondary N) is 2. The van der Waals surface area contributed by atoms with Gasteiger partial charge < -0.3 is 9.63 Å². The first-order valence-electron chi connectivity index (χ1n) is 6.99. The Balaban J connectivity index is 1.96. The van der Waals surface area contributed by atoms with Crippen molar-refractivity contribution in [1.82, 2.24) is 10.9 Å². The van der Waals surface area contributed by atoms with Crippen LogP contribution in [0, 0.1) is 6.92 Å². The summed E-state index contributed by atoms with van der Waals surface area (Å²) in [6.07, 6.45) is 2.34. The van der Waals surface area contributed by atoms with Crippen LogP contribution in [0.25, 0.3) is 0 Å². The minimum Gasteiger partial charge on any atom is -0.379 e. The lowest BCUT2D eigenvalue weighted by Gasteiger charge is -2.25. The van der Waals surface area contributed by atoms with Gasteiger partial charge in [0.15, 0.2) is 5.75 Å². The highest BCUT2D eigenvalue weighted by molar-refractivity contribution is 6.03. The van der Waals surface area contributed by atoms with Crippen molar-refractivity contribution in [3.8, 4) is 5.75 Å². The SMILES string of the molecule is Cc1cc2c(cc1C1=NNC(C=O)CC1)ONC(=O)C2C. The first kappa shape index (κ1) is 13.6. The van der Waals surface area contributed by atoms with Gasteiger partial charge in [0, 0.05) is 11.1 Å². The number of fused-ring (bicyclic) bond motifs is 1. The van der Waals surface area contributed by atoms with Gasteiger partial charge in [0.25, 0.3) is 5.91 Å². The van der Waals surface area contributed by atoms with Gasteiger partial charge in [-0.2, -0.15) is 10.6 Å². The van der Waals surface area contributed by atoms with Crippen molar-refractivity contribution in [1.29, 1.82) is 0 Å². The molecule has 3 rings (SSSR count). The number of hydrazone groups is 1. The van der Waals surface area contributed by atoms with Crippen molar-refractivity contribution < 1.29 is 14.4 Å². The molecule has 0 saturated heterocycles. The van der Waals surface area contributed by atoms with Crippen LogP contribution in [0.1, 0.15) is 42.4 Å². The molecule has 0 bridgehead atoms. The summed E-state index contributed by atoms with van der Waals surface area (Å²) in [6.45, 7) is 3.84. The molecule has 0 radical (unpaired) electrons. The maximum absolute atomic E-state index is 11.6. The number of amides is 1. The van der Waals surface area contributed by atoms with E-state index in [4.69, 9.17) is 4.84 Å². The van der Waals surface area contributed by atoms with Crippen molar-refractivity contribution in [2.45, 2.75) is 38.6 Å². The van der Waals surface area contributed by atoms with Gasteiger partial charge in [-0.25, -0.2) is 0 Å². The third-order valence-electron chi connectivity index (χ3n) is 4.01. The summed E-state index contributed by atoms with van der Waals surface area (Å²) < 4.78 is 0. The number of rotatable bonds is 2. The monoisotopic (exact) mass is 287 g/mol. The number of hydrogen-bond donors (Lipinski definition) is 2. The maximum atomic E-state index is 11.6. The van der Waals surface area contributed by atoms with Crippen molar-refractivity contribution in [3.05, 3.63) is 28.8 Å². The fraction of sp³-hybridized carbons (Fsp3) is 0.400. The molecule has 0 spiro atoms. The van der Waals surface area contributed by atoms with Crippen molar-refractivity contribution in [3.63, 3.8) is 0 Å². The summed E-state index contributed by atoms with van der Waals surface area (Å²) in [6, 6.07) is 3.67. The molecular weight excluding hydrogens is 270 g/mol. The van der Waals surface area contributed by atoms with E-state index in [0.717, 1.165) is 41.5 Å². The molecule has 0 aromatic heterocycles. The van der Waals surface area contributed by atoms with E-state index in [1.54, 1.807) is 0 Å². The van der Waals surface area contributed by atoms with Crippen LogP contribution < -0.4 is 15.7 Å². The second-order valence-corrected chi connectivity index (χ2v) is 5.46. The molecule has 6 nitrogen and oxygen atoms in total. The predicted molar refractivity (Wildman–Crippen MR) is 77.1 cm³/mol. The van der Waals surface area contributed by atoms with Crippen LogP contribution in [0.5, 0.6) is 5.75 Å². The van der Waals surface area contributed by atoms with Crippen LogP contribution in [0.2, 0.25) is 0 Å². The summed E-state index contributed by atoms with van der Waals surface area (Å²) in [5.41, 5.74) is 9.08. The van der Waals surface area contributed by atoms with E-state index in [1.165, 1.54) is 0 Å². The summed E-state index contributed by atoms with van der Waals surface area (Å²) in [7, 11) is 0. The largest absolute Gasteiger partial charge is 0.379 e. The lowest BCUT2D eigenvalue weighted by molar-refractivity contribution is -0.130. The number of aldehydes is 1. The van der Waals surface area contributed by atoms with E-state index in [-0.39, 0.29) is 17.9 Å². The standard InChI is InChI=1S/C15H17N3O3/c1-8-5-12-9(2)15(20)18-21-14(12)6-11(8)13-4-3-10(7-19)16-17-13/h5-7,9-10,16H,3-4H2,1-2H3,(H,18,20). The summed E-state index contributed by atoms with van der Waals surface area (Å²) >= 11 is 0. The van der Waals surface area contributed by atoms with Crippen molar-refractivity contribution >= 4 is 17.9 Å². The molecule has 0 fully saturated rings. The van der Waals surface area contributed by atoms with Gasteiger partial charge in [0.2, 0.25) is 0 Å². The Hall–Kier alpha value is -2.37. The molecular formula is C15H17N3O3. The Morgan fingerprint density at radius 1 is 1.43 bits per heavy atom. The van der Waals surface area contributed by atoms with Gasteiger partial charge in [-0.3, -0.25) is 10.2 Å². The molecule has 2 heterocycles. The Morgan fingerprint density at radius 3 is 2.90 bits per heavy atom. The Morgan fingerprint density at radius 2 is 2.24 bits per heavy atom. The van der Waals surface area contributed by atoms with E-state index in [2.05, 4.69) is 16.0 Å². The quantitative estimate of drug-likeness (QED) is 0.800. The minimum absolute atomic E-state index is 0.139. The smallest absolute Gasteiger partial charge is 0.259 e. The average Bonchev–Trinajstić information content (AvgIpc) is 2.51. The highest BCUT2D eigenvalue weighted by atomic mass is 16.7. The fourth-order valence-corrected chi connectivity index (χ4v) is 2.65. The van der Waals surface area contributed by atoms with Crippen molar-refractivity contribution in [2.24, 2.45) is 5.10 Å². The molecule has 2 atom stereocenters. The van der Waals surface area contributed by atoms with Crippen LogP contribution in [0.4, 0.5) is 0 Å². The fourth-order valence-electron chi connectivity index (χ4n) is 2.65. The zero-order valence-corrected chi connectivity index (χ0v) is 12.0. The predicted octanol–water partition coefficient (Wildman–Crippen LogP) is 1.18. The molecule has 1 amide bonds. The number of carbonyl (C=O) groups excluding carboxylic acids is 2. The van der Waals surface area contributed by atoms with Gasteiger partial charge in [-0.05, 0) is 38.3 Å². The third kappa shape index (κ3) is 2.37. The number of benzene rings is 1. The van der Waals surface area contributed by atoms with Crippen LogP contribution >= 0.6 is 0 Å². The van der Waals surface area contributed by atoms with Crippen LogP contribution in [0.15, 0.2) is 17.2 Å². The Kier molecular flexibility index (Phi) is 3.37. The van der Waals surface area contributed by atoms with Crippen LogP contribution in [-0.4, -0.2) is 23.9 Å². The molecule has 2 N–H and O–H groups in total. The van der Waals surface area contributed by atoms with Gasteiger partial charge in [-0.1, -0.05) is 6.07 Å². The average molecular weight is 287 g/mol. The molecule has 1 aromatic rings. The summed E-state index contributed by atoms with van der Waals surface area (Å²) in [4.78, 5) is 27.7. The molecule has 0 saturated carbocycles. The zero-order valence-electron chi connectivity index (χ0n) is 12.0. The third-order valence-corrected chi connectivity index (χ3v) is 4.01. The summed E-state index contributed by atoms with van der Waals surface area (Å²) in [5, 5.41) is 4.29. The maximum Gasteiger partial charge on any atom is 0.259 e. The van der Waals surface area contributed by atoms with Gasteiger partial charge in [-0.15, -0.1) is 0 Å². The van der Waals surface area contributed by atoms with E-state index >= 15 is 0 Å². The molecule has 2 aliphatic rings. The number of carbonyl (C=O) groups is 2. The van der Waals surface area contributed by atoms with Gasteiger partial charge >= 0.3 is 0 Å². The summed E-state index contributed by atoms with van der Waals surface area (Å²) in [5.74, 6) is 0.287. The van der Waals surface area contributed by atoms with E-state index in [0.29, 0.717) is 5.75 Å². The van der Waals surface area contributed by atoms with E-state index in [1.807, 2.05) is 26.0 Å². The zero-order chi connectivity index (χ0) is 15.0. The molecule has 110 valence electrons. The normalized spacial score (nSPS) is 24.1. The second kappa shape index (κ2) is 5.20. The lowest BCUT2D eigenvalue weighted by Crippen LogP contribution is -2.36. The highest BCUT2D eigenvalue weighted by Gasteiger charge is 2.27. The Labute approximate surface area is 122 Å². The topological polar surface area (TPSA) is 79.8 Å². The van der Waals surface area contributed by atoms with Gasteiger partial charge in [0.1, 0.15) is 6.29 Å². The first-order chi connectivity index (χ1) is 10.1. The number of hydroxylamine groups is 1. The second-order valence-electron chi connectivity index (χ2n) is 5.46. The molecule has 2 aliphatic heterocycles. The van der Waals surface area contributed by atoms with E-state index < -0.39 is 0 Å². The molecule has 1 aromatic carbocycles. The van der Waals surface area contributed by atoms with E-state index in [9.17, 15) is 9.59 Å². The Bertz CT molecular complexity index is 639. The van der Waals surface area contributed by atoms with Crippen LogP contribution in [-0.2, 0) is 9.59 Å². The molecule has 2 unspecified atom stereocenters. The first-order valence-corrected chi connectivity index (χ1v) is 6.99. The number of hydrogen-bond acceptors (Lipinski definition) is 5. The number of aryl methyl sites for hydroxylation is 1. The highest BCUT2D eigenvalue weighted by Crippen LogP contribution is 2.33. The molecule has 6 heteroatoms. The van der Waals surface area contributed by atoms with Crippen LogP contribution in [0.3, 0.4) is 0 Å². The minimum atomic E-state index is -0.229.